The van der Waals surface area contributed by atoms with Crippen molar-refractivity contribution in [1.29, 1.82) is 0 Å². The largest absolute Gasteiger partial charge is 0.416 e. The summed E-state index contributed by atoms with van der Waals surface area (Å²) in [5, 5.41) is 9.44. The van der Waals surface area contributed by atoms with Crippen LogP contribution in [0.2, 0.25) is 0 Å². The Morgan fingerprint density at radius 3 is 2.40 bits per heavy atom. The molecule has 1 aromatic rings. The van der Waals surface area contributed by atoms with Gasteiger partial charge in [-0.25, -0.2) is 0 Å². The van der Waals surface area contributed by atoms with E-state index in [2.05, 4.69) is 4.98 Å². The molecule has 0 saturated heterocycles. The molecular formula is C10H12F3NO. The molecule has 5 heteroatoms. The standard InChI is InChI=1S/C10H12F3NO/c1-9(2,15)6-8-5-7(3-4-14-8)10(11,12)13/h3-5,15H,6H2,1-2H3. The van der Waals surface area contributed by atoms with Crippen molar-refractivity contribution in [3.63, 3.8) is 0 Å². The van der Waals surface area contributed by atoms with Crippen LogP contribution < -0.4 is 0 Å². The molecule has 15 heavy (non-hydrogen) atoms. The summed E-state index contributed by atoms with van der Waals surface area (Å²) in [6.07, 6.45) is -3.17. The first-order chi connectivity index (χ1) is 6.68. The van der Waals surface area contributed by atoms with Gasteiger partial charge in [-0.2, -0.15) is 13.2 Å². The fourth-order valence-corrected chi connectivity index (χ4v) is 1.19. The molecule has 1 heterocycles. The lowest BCUT2D eigenvalue weighted by atomic mass is 10.0. The van der Waals surface area contributed by atoms with Gasteiger partial charge in [0, 0.05) is 18.3 Å². The Morgan fingerprint density at radius 1 is 1.33 bits per heavy atom. The molecule has 84 valence electrons. The van der Waals surface area contributed by atoms with Crippen LogP contribution in [0.15, 0.2) is 18.3 Å². The van der Waals surface area contributed by atoms with E-state index in [0.29, 0.717) is 0 Å². The Balaban J connectivity index is 2.94. The molecule has 1 N–H and O–H groups in total. The third-order valence-corrected chi connectivity index (χ3v) is 1.76. The number of aromatic nitrogens is 1. The lowest BCUT2D eigenvalue weighted by Gasteiger charge is -2.16. The van der Waals surface area contributed by atoms with Crippen molar-refractivity contribution in [2.75, 3.05) is 0 Å². The quantitative estimate of drug-likeness (QED) is 0.828. The summed E-state index contributed by atoms with van der Waals surface area (Å²) in [6.45, 7) is 3.05. The van der Waals surface area contributed by atoms with Crippen LogP contribution >= 0.6 is 0 Å². The van der Waals surface area contributed by atoms with Crippen LogP contribution in [0.4, 0.5) is 13.2 Å². The topological polar surface area (TPSA) is 33.1 Å². The van der Waals surface area contributed by atoms with E-state index in [0.717, 1.165) is 18.3 Å². The van der Waals surface area contributed by atoms with Crippen molar-refractivity contribution in [1.82, 2.24) is 4.98 Å². The molecule has 1 rings (SSSR count). The second kappa shape index (κ2) is 3.81. The monoisotopic (exact) mass is 219 g/mol. The van der Waals surface area contributed by atoms with E-state index in [1.54, 1.807) is 0 Å². The van der Waals surface area contributed by atoms with Gasteiger partial charge < -0.3 is 5.11 Å². The average molecular weight is 219 g/mol. The predicted molar refractivity (Wildman–Crippen MR) is 49.2 cm³/mol. The van der Waals surface area contributed by atoms with Crippen LogP contribution in [0.1, 0.15) is 25.1 Å². The fraction of sp³-hybridized carbons (Fsp3) is 0.500. The molecule has 2 nitrogen and oxygen atoms in total. The van der Waals surface area contributed by atoms with Gasteiger partial charge in [-0.05, 0) is 26.0 Å². The van der Waals surface area contributed by atoms with Crippen LogP contribution in [0.3, 0.4) is 0 Å². The smallest absolute Gasteiger partial charge is 0.390 e. The molecule has 0 radical (unpaired) electrons. The van der Waals surface area contributed by atoms with Gasteiger partial charge in [0.1, 0.15) is 0 Å². The summed E-state index contributed by atoms with van der Waals surface area (Å²) < 4.78 is 36.9. The molecule has 0 aliphatic heterocycles. The number of hydrogen-bond donors (Lipinski definition) is 1. The molecule has 0 aliphatic rings. The molecule has 0 saturated carbocycles. The molecule has 1 aromatic heterocycles. The van der Waals surface area contributed by atoms with Gasteiger partial charge in [-0.1, -0.05) is 0 Å². The highest BCUT2D eigenvalue weighted by Crippen LogP contribution is 2.29. The van der Waals surface area contributed by atoms with Crippen molar-refractivity contribution in [2.24, 2.45) is 0 Å². The number of rotatable bonds is 2. The zero-order chi connectivity index (χ0) is 11.7. The number of halogens is 3. The molecule has 0 spiro atoms. The summed E-state index contributed by atoms with van der Waals surface area (Å²) in [5.41, 5.74) is -1.56. The maximum atomic E-state index is 12.3. The van der Waals surface area contributed by atoms with Crippen molar-refractivity contribution in [3.8, 4) is 0 Å². The van der Waals surface area contributed by atoms with Crippen LogP contribution in [0, 0.1) is 0 Å². The molecule has 0 bridgehead atoms. The molecule has 0 amide bonds. The van der Waals surface area contributed by atoms with Gasteiger partial charge in [-0.3, -0.25) is 4.98 Å². The second-order valence-electron chi connectivity index (χ2n) is 4.02. The Hall–Kier alpha value is -1.10. The first kappa shape index (κ1) is 12.0. The average Bonchev–Trinajstić information content (AvgIpc) is 1.99. The molecular weight excluding hydrogens is 207 g/mol. The summed E-state index contributed by atoms with van der Waals surface area (Å²) in [7, 11) is 0. The maximum Gasteiger partial charge on any atom is 0.416 e. The number of hydrogen-bond acceptors (Lipinski definition) is 2. The lowest BCUT2D eigenvalue weighted by molar-refractivity contribution is -0.137. The van der Waals surface area contributed by atoms with Gasteiger partial charge in [0.05, 0.1) is 11.2 Å². The number of pyridine rings is 1. The van der Waals surface area contributed by atoms with Crippen molar-refractivity contribution in [2.45, 2.75) is 32.0 Å². The summed E-state index contributed by atoms with van der Waals surface area (Å²) in [4.78, 5) is 3.78. The summed E-state index contributed by atoms with van der Waals surface area (Å²) in [6, 6.07) is 1.87. The van der Waals surface area contributed by atoms with E-state index in [-0.39, 0.29) is 12.1 Å². The van der Waals surface area contributed by atoms with Gasteiger partial charge >= 0.3 is 6.18 Å². The van der Waals surface area contributed by atoms with E-state index in [9.17, 15) is 18.3 Å². The van der Waals surface area contributed by atoms with Gasteiger partial charge in [0.15, 0.2) is 0 Å². The first-order valence-electron chi connectivity index (χ1n) is 4.43. The SMILES string of the molecule is CC(C)(O)Cc1cc(C(F)(F)F)ccn1. The number of nitrogens with zero attached hydrogens (tertiary/aromatic N) is 1. The van der Waals surface area contributed by atoms with E-state index >= 15 is 0 Å². The van der Waals surface area contributed by atoms with E-state index in [4.69, 9.17) is 0 Å². The Bertz CT molecular complexity index is 341. The highest BCUT2D eigenvalue weighted by molar-refractivity contribution is 5.20. The molecule has 0 atom stereocenters. The van der Waals surface area contributed by atoms with E-state index in [1.165, 1.54) is 13.8 Å². The molecule has 0 unspecified atom stereocenters. The highest BCUT2D eigenvalue weighted by Gasteiger charge is 2.31. The molecule has 0 aliphatic carbocycles. The van der Waals surface area contributed by atoms with Crippen LogP contribution in [-0.4, -0.2) is 15.7 Å². The normalized spacial score (nSPS) is 12.9. The second-order valence-corrected chi connectivity index (χ2v) is 4.02. The Morgan fingerprint density at radius 2 is 1.93 bits per heavy atom. The van der Waals surface area contributed by atoms with Crippen molar-refractivity contribution in [3.05, 3.63) is 29.6 Å². The Labute approximate surface area is 85.8 Å². The summed E-state index contributed by atoms with van der Waals surface area (Å²) in [5.74, 6) is 0. The van der Waals surface area contributed by atoms with Crippen molar-refractivity contribution >= 4 is 0 Å². The fourth-order valence-electron chi connectivity index (χ4n) is 1.19. The van der Waals surface area contributed by atoms with Crippen LogP contribution in [0.25, 0.3) is 0 Å². The van der Waals surface area contributed by atoms with Gasteiger partial charge in [-0.15, -0.1) is 0 Å². The molecule has 0 fully saturated rings. The maximum absolute atomic E-state index is 12.3. The minimum Gasteiger partial charge on any atom is -0.390 e. The van der Waals surface area contributed by atoms with E-state index in [1.807, 2.05) is 0 Å². The third kappa shape index (κ3) is 3.87. The van der Waals surface area contributed by atoms with Crippen LogP contribution in [-0.2, 0) is 12.6 Å². The Kier molecular flexibility index (Phi) is 3.04. The number of alkyl halides is 3. The minimum absolute atomic E-state index is 0.0942. The minimum atomic E-state index is -4.36. The van der Waals surface area contributed by atoms with Gasteiger partial charge in [0.25, 0.3) is 0 Å². The number of aliphatic hydroxyl groups is 1. The summed E-state index contributed by atoms with van der Waals surface area (Å²) >= 11 is 0. The lowest BCUT2D eigenvalue weighted by Crippen LogP contribution is -2.22. The zero-order valence-electron chi connectivity index (χ0n) is 8.47. The first-order valence-corrected chi connectivity index (χ1v) is 4.43. The zero-order valence-corrected chi connectivity index (χ0v) is 8.47. The molecule has 0 aromatic carbocycles. The van der Waals surface area contributed by atoms with Gasteiger partial charge in [0.2, 0.25) is 0 Å². The van der Waals surface area contributed by atoms with Crippen LogP contribution in [0.5, 0.6) is 0 Å². The predicted octanol–water partition coefficient (Wildman–Crippen LogP) is 2.41. The third-order valence-electron chi connectivity index (χ3n) is 1.76. The highest BCUT2D eigenvalue weighted by atomic mass is 19.4. The van der Waals surface area contributed by atoms with Crippen molar-refractivity contribution < 1.29 is 18.3 Å². The van der Waals surface area contributed by atoms with E-state index < -0.39 is 17.3 Å².